The molecule has 0 heterocycles. The lowest BCUT2D eigenvalue weighted by Crippen LogP contribution is -2.38. The third kappa shape index (κ3) is 7.02. The number of carbonyl (C=O) groups is 2. The predicted octanol–water partition coefficient (Wildman–Crippen LogP) is 2.86. The van der Waals surface area contributed by atoms with Crippen molar-refractivity contribution in [2.45, 2.75) is 13.1 Å². The van der Waals surface area contributed by atoms with Gasteiger partial charge in [-0.3, -0.25) is 4.79 Å². The summed E-state index contributed by atoms with van der Waals surface area (Å²) in [5.41, 5.74) is -0.271. The van der Waals surface area contributed by atoms with Crippen LogP contribution in [-0.2, 0) is 14.3 Å². The van der Waals surface area contributed by atoms with E-state index in [1.807, 2.05) is 0 Å². The molecule has 1 aromatic carbocycles. The largest absolute Gasteiger partial charge is 0.478 e. The van der Waals surface area contributed by atoms with Gasteiger partial charge in [-0.1, -0.05) is 11.6 Å². The number of nitrogens with one attached hydrogen (secondary N) is 1. The van der Waals surface area contributed by atoms with Crippen LogP contribution in [0.15, 0.2) is 23.8 Å². The van der Waals surface area contributed by atoms with Gasteiger partial charge in [0.1, 0.15) is 5.75 Å². The number of carboxylic acid groups (broad SMARTS) is 1. The van der Waals surface area contributed by atoms with Crippen molar-refractivity contribution in [2.75, 3.05) is 19.9 Å². The number of ether oxygens (including phenoxy) is 2. The van der Waals surface area contributed by atoms with Gasteiger partial charge in [-0.15, -0.1) is 0 Å². The van der Waals surface area contributed by atoms with Crippen molar-refractivity contribution in [1.29, 1.82) is 0 Å². The zero-order valence-electron chi connectivity index (χ0n) is 13.0. The average Bonchev–Trinajstić information content (AvgIpc) is 2.51. The van der Waals surface area contributed by atoms with Gasteiger partial charge in [-0.25, -0.2) is 4.79 Å². The number of carbonyl (C=O) groups excluding carboxylic acids is 1. The second kappa shape index (κ2) is 9.28. The van der Waals surface area contributed by atoms with E-state index < -0.39 is 30.2 Å². The summed E-state index contributed by atoms with van der Waals surface area (Å²) in [4.78, 5) is 22.0. The molecule has 0 spiro atoms. The lowest BCUT2D eigenvalue weighted by atomic mass is 10.1. The van der Waals surface area contributed by atoms with Crippen molar-refractivity contribution < 1.29 is 37.3 Å². The van der Waals surface area contributed by atoms with Crippen LogP contribution in [0.1, 0.15) is 12.5 Å². The topological polar surface area (TPSA) is 84.9 Å². The molecule has 0 aliphatic heterocycles. The third-order valence-electron chi connectivity index (χ3n) is 2.78. The molecule has 0 aliphatic rings. The molecule has 0 fully saturated rings. The highest BCUT2D eigenvalue weighted by molar-refractivity contribution is 6.30. The number of halogens is 4. The molecule has 0 atom stereocenters. The molecular weight excluding hydrogens is 367 g/mol. The van der Waals surface area contributed by atoms with Crippen LogP contribution in [0.3, 0.4) is 0 Å². The Kier molecular flexibility index (Phi) is 7.72. The summed E-state index contributed by atoms with van der Waals surface area (Å²) < 4.78 is 46.9. The lowest BCUT2D eigenvalue weighted by Gasteiger charge is -2.11. The van der Waals surface area contributed by atoms with Crippen LogP contribution in [0.5, 0.6) is 5.75 Å². The maximum Gasteiger partial charge on any atom is 0.471 e. The minimum atomic E-state index is -5.11. The van der Waals surface area contributed by atoms with E-state index in [0.29, 0.717) is 6.61 Å². The highest BCUT2D eigenvalue weighted by atomic mass is 35.5. The number of hydrogen-bond acceptors (Lipinski definition) is 4. The number of hydrogen-bond donors (Lipinski definition) is 2. The normalized spacial score (nSPS) is 12.0. The summed E-state index contributed by atoms with van der Waals surface area (Å²) in [5.74, 6) is -3.52. The molecule has 2 N–H and O–H groups in total. The van der Waals surface area contributed by atoms with Crippen molar-refractivity contribution in [3.63, 3.8) is 0 Å². The first-order valence-corrected chi connectivity index (χ1v) is 7.32. The fourth-order valence-electron chi connectivity index (χ4n) is 1.60. The van der Waals surface area contributed by atoms with Crippen LogP contribution in [0, 0.1) is 0 Å². The molecular formula is C15H15ClF3NO5. The second-order valence-corrected chi connectivity index (χ2v) is 5.03. The summed E-state index contributed by atoms with van der Waals surface area (Å²) in [6.45, 7) is 1.21. The Hall–Kier alpha value is -2.26. The van der Waals surface area contributed by atoms with E-state index in [1.165, 1.54) is 23.5 Å². The van der Waals surface area contributed by atoms with E-state index in [2.05, 4.69) is 0 Å². The van der Waals surface area contributed by atoms with Crippen molar-refractivity contribution in [3.05, 3.63) is 34.4 Å². The van der Waals surface area contributed by atoms with Crippen molar-refractivity contribution >= 4 is 29.6 Å². The molecule has 138 valence electrons. The monoisotopic (exact) mass is 381 g/mol. The Morgan fingerprint density at radius 3 is 2.60 bits per heavy atom. The Morgan fingerprint density at radius 1 is 1.36 bits per heavy atom. The Morgan fingerprint density at radius 2 is 2.04 bits per heavy atom. The molecule has 6 nitrogen and oxygen atoms in total. The fraction of sp³-hybridized carbons (Fsp3) is 0.333. The maximum absolute atomic E-state index is 12.2. The Labute approximate surface area is 146 Å². The molecule has 0 aliphatic carbocycles. The van der Waals surface area contributed by atoms with Crippen LogP contribution in [0.2, 0.25) is 5.02 Å². The summed E-state index contributed by atoms with van der Waals surface area (Å²) in [6, 6.07) is 4.32. The van der Waals surface area contributed by atoms with Crippen molar-refractivity contribution in [1.82, 2.24) is 5.32 Å². The first-order chi connectivity index (χ1) is 11.6. The van der Waals surface area contributed by atoms with E-state index in [4.69, 9.17) is 26.2 Å². The van der Waals surface area contributed by atoms with E-state index in [0.717, 1.165) is 6.08 Å². The van der Waals surface area contributed by atoms with Gasteiger partial charge in [-0.2, -0.15) is 13.2 Å². The Bertz CT molecular complexity index is 661. The SMILES string of the molecule is CCOCOc1ccc(Cl)cc1/C=C(\CNC(=O)C(F)(F)F)C(=O)O. The second-order valence-electron chi connectivity index (χ2n) is 4.59. The first kappa shape index (κ1) is 20.8. The number of carboxylic acids is 1. The summed E-state index contributed by atoms with van der Waals surface area (Å²) in [7, 11) is 0. The van der Waals surface area contributed by atoms with E-state index in [1.54, 1.807) is 6.92 Å². The molecule has 0 saturated carbocycles. The third-order valence-corrected chi connectivity index (χ3v) is 3.01. The summed E-state index contributed by atoms with van der Waals surface area (Å²) in [5, 5.41) is 10.9. The van der Waals surface area contributed by atoms with E-state index in [-0.39, 0.29) is 23.1 Å². The lowest BCUT2D eigenvalue weighted by molar-refractivity contribution is -0.173. The maximum atomic E-state index is 12.2. The summed E-state index contributed by atoms with van der Waals surface area (Å²) >= 11 is 5.85. The van der Waals surface area contributed by atoms with Crippen LogP contribution in [0.4, 0.5) is 13.2 Å². The highest BCUT2D eigenvalue weighted by Crippen LogP contribution is 2.25. The quantitative estimate of drug-likeness (QED) is 0.411. The van der Waals surface area contributed by atoms with Gasteiger partial charge in [0.15, 0.2) is 6.79 Å². The van der Waals surface area contributed by atoms with E-state index >= 15 is 0 Å². The van der Waals surface area contributed by atoms with Gasteiger partial charge in [0.05, 0.1) is 12.1 Å². The van der Waals surface area contributed by atoms with Gasteiger partial charge in [0.25, 0.3) is 0 Å². The molecule has 0 saturated heterocycles. The number of rotatable bonds is 8. The molecule has 0 unspecified atom stereocenters. The van der Waals surface area contributed by atoms with Gasteiger partial charge >= 0.3 is 18.1 Å². The molecule has 0 radical (unpaired) electrons. The molecule has 1 amide bonds. The first-order valence-electron chi connectivity index (χ1n) is 6.94. The van der Waals surface area contributed by atoms with Crippen LogP contribution in [0.25, 0.3) is 6.08 Å². The standard InChI is InChI=1S/C15H15ClF3NO5/c1-2-24-8-25-12-4-3-11(16)6-9(12)5-10(13(21)22)7-20-14(23)15(17,18)19/h3-6H,2,7-8H2,1H3,(H,20,23)(H,21,22)/b10-5+. The van der Waals surface area contributed by atoms with Crippen molar-refractivity contribution in [2.24, 2.45) is 0 Å². The highest BCUT2D eigenvalue weighted by Gasteiger charge is 2.38. The molecule has 1 aromatic rings. The van der Waals surface area contributed by atoms with Crippen LogP contribution < -0.4 is 10.1 Å². The number of aliphatic carboxylic acids is 1. The fourth-order valence-corrected chi connectivity index (χ4v) is 1.78. The van der Waals surface area contributed by atoms with Gasteiger partial charge in [-0.05, 0) is 31.2 Å². The van der Waals surface area contributed by atoms with Crippen molar-refractivity contribution in [3.8, 4) is 5.75 Å². The molecule has 0 aromatic heterocycles. The number of alkyl halides is 3. The number of benzene rings is 1. The van der Waals surface area contributed by atoms with Gasteiger partial charge in [0, 0.05) is 17.2 Å². The number of amides is 1. The molecule has 1 rings (SSSR count). The average molecular weight is 382 g/mol. The predicted molar refractivity (Wildman–Crippen MR) is 83.3 cm³/mol. The van der Waals surface area contributed by atoms with Crippen LogP contribution >= 0.6 is 11.6 Å². The zero-order chi connectivity index (χ0) is 19.0. The minimum absolute atomic E-state index is 0.105. The van der Waals surface area contributed by atoms with E-state index in [9.17, 15) is 22.8 Å². The molecule has 10 heteroatoms. The molecule has 25 heavy (non-hydrogen) atoms. The van der Waals surface area contributed by atoms with Crippen LogP contribution in [-0.4, -0.2) is 43.1 Å². The van der Waals surface area contributed by atoms with Gasteiger partial charge in [0.2, 0.25) is 0 Å². The smallest absolute Gasteiger partial charge is 0.471 e. The van der Waals surface area contributed by atoms with Gasteiger partial charge < -0.3 is 19.9 Å². The minimum Gasteiger partial charge on any atom is -0.478 e. The zero-order valence-corrected chi connectivity index (χ0v) is 13.8. The summed E-state index contributed by atoms with van der Waals surface area (Å²) in [6.07, 6.45) is -4.04. The Balaban J connectivity index is 3.03. The molecule has 0 bridgehead atoms.